The van der Waals surface area contributed by atoms with Crippen LogP contribution in [0.25, 0.3) is 0 Å². The molecular formula is C13H16O5. The minimum absolute atomic E-state index is 0.183. The van der Waals surface area contributed by atoms with Gasteiger partial charge in [0, 0.05) is 18.9 Å². The third kappa shape index (κ3) is 3.76. The minimum atomic E-state index is -0.406. The van der Waals surface area contributed by atoms with Crippen LogP contribution in [0.2, 0.25) is 0 Å². The zero-order valence-electron chi connectivity index (χ0n) is 10.7. The molecule has 5 nitrogen and oxygen atoms in total. The van der Waals surface area contributed by atoms with Gasteiger partial charge in [0.25, 0.3) is 0 Å². The number of hydrogen-bond donors (Lipinski definition) is 0. The van der Waals surface area contributed by atoms with E-state index in [1.165, 1.54) is 19.2 Å². The Balaban J connectivity index is 2.99. The molecule has 0 heterocycles. The first-order chi connectivity index (χ1) is 8.60. The summed E-state index contributed by atoms with van der Waals surface area (Å²) in [5.74, 6) is 0.115. The lowest BCUT2D eigenvalue weighted by Gasteiger charge is -2.11. The summed E-state index contributed by atoms with van der Waals surface area (Å²) in [5, 5.41) is 0. The highest BCUT2D eigenvalue weighted by Crippen LogP contribution is 2.32. The predicted octanol–water partition coefficient (Wildman–Crippen LogP) is 2.33. The largest absolute Gasteiger partial charge is 0.497 e. The quantitative estimate of drug-likeness (QED) is 0.594. The highest BCUT2D eigenvalue weighted by atomic mass is 16.6. The van der Waals surface area contributed by atoms with Crippen LogP contribution in [0.5, 0.6) is 17.2 Å². The standard InChI is InChI=1S/C13H16O5/c1-4-12(14)17-10-7-6-9(16-3)8-11(10)18-13(15)5-2/h6-8H,4-5H2,1-3H3. The molecule has 0 unspecified atom stereocenters. The summed E-state index contributed by atoms with van der Waals surface area (Å²) < 4.78 is 15.2. The number of hydrogen-bond acceptors (Lipinski definition) is 5. The zero-order chi connectivity index (χ0) is 13.5. The van der Waals surface area contributed by atoms with Crippen molar-refractivity contribution in [2.24, 2.45) is 0 Å². The number of carbonyl (C=O) groups excluding carboxylic acids is 2. The molecule has 0 N–H and O–H groups in total. The average Bonchev–Trinajstić information content (AvgIpc) is 2.40. The number of rotatable bonds is 5. The Morgan fingerprint density at radius 2 is 1.56 bits per heavy atom. The van der Waals surface area contributed by atoms with Crippen LogP contribution < -0.4 is 14.2 Å². The normalized spacial score (nSPS) is 9.72. The number of benzene rings is 1. The van der Waals surface area contributed by atoms with Crippen LogP contribution in [-0.2, 0) is 9.59 Å². The van der Waals surface area contributed by atoms with Crippen molar-refractivity contribution < 1.29 is 23.8 Å². The summed E-state index contributed by atoms with van der Waals surface area (Å²) in [4.78, 5) is 22.5. The van der Waals surface area contributed by atoms with Gasteiger partial charge < -0.3 is 14.2 Å². The first kappa shape index (κ1) is 14.0. The van der Waals surface area contributed by atoms with Gasteiger partial charge in [-0.15, -0.1) is 0 Å². The van der Waals surface area contributed by atoms with Gasteiger partial charge in [0.15, 0.2) is 11.5 Å². The van der Waals surface area contributed by atoms with Crippen LogP contribution in [0, 0.1) is 0 Å². The van der Waals surface area contributed by atoms with E-state index >= 15 is 0 Å². The van der Waals surface area contributed by atoms with Crippen molar-refractivity contribution in [2.45, 2.75) is 26.7 Å². The summed E-state index contributed by atoms with van der Waals surface area (Å²) in [7, 11) is 1.50. The lowest BCUT2D eigenvalue weighted by Crippen LogP contribution is -2.10. The molecular weight excluding hydrogens is 236 g/mol. The smallest absolute Gasteiger partial charge is 0.311 e. The van der Waals surface area contributed by atoms with Crippen LogP contribution in [0.3, 0.4) is 0 Å². The number of ether oxygens (including phenoxy) is 3. The van der Waals surface area contributed by atoms with Crippen LogP contribution in [0.1, 0.15) is 26.7 Å². The molecule has 0 bridgehead atoms. The maximum Gasteiger partial charge on any atom is 0.311 e. The Hall–Kier alpha value is -2.04. The SMILES string of the molecule is CCC(=O)Oc1ccc(OC)cc1OC(=O)CC. The number of carbonyl (C=O) groups is 2. The molecule has 0 amide bonds. The van der Waals surface area contributed by atoms with Crippen LogP contribution in [-0.4, -0.2) is 19.0 Å². The first-order valence-corrected chi connectivity index (χ1v) is 5.70. The Kier molecular flexibility index (Phi) is 5.17. The lowest BCUT2D eigenvalue weighted by atomic mass is 10.3. The number of methoxy groups -OCH3 is 1. The fourth-order valence-corrected chi connectivity index (χ4v) is 1.17. The molecule has 0 aliphatic carbocycles. The van der Waals surface area contributed by atoms with Crippen molar-refractivity contribution in [3.05, 3.63) is 18.2 Å². The average molecular weight is 252 g/mol. The van der Waals surface area contributed by atoms with E-state index in [0.29, 0.717) is 5.75 Å². The summed E-state index contributed by atoms with van der Waals surface area (Å²) in [6, 6.07) is 4.66. The third-order valence-electron chi connectivity index (χ3n) is 2.18. The van der Waals surface area contributed by atoms with Gasteiger partial charge in [-0.25, -0.2) is 0 Å². The molecule has 18 heavy (non-hydrogen) atoms. The minimum Gasteiger partial charge on any atom is -0.497 e. The first-order valence-electron chi connectivity index (χ1n) is 5.70. The van der Waals surface area contributed by atoms with Gasteiger partial charge in [-0.3, -0.25) is 9.59 Å². The molecule has 5 heteroatoms. The Bertz CT molecular complexity index is 439. The Morgan fingerprint density at radius 1 is 1.00 bits per heavy atom. The van der Waals surface area contributed by atoms with E-state index in [9.17, 15) is 9.59 Å². The molecule has 0 aromatic heterocycles. The van der Waals surface area contributed by atoms with Gasteiger partial charge in [0.2, 0.25) is 0 Å². The molecule has 1 aromatic carbocycles. The second kappa shape index (κ2) is 6.64. The Labute approximate surface area is 106 Å². The fourth-order valence-electron chi connectivity index (χ4n) is 1.17. The lowest BCUT2D eigenvalue weighted by molar-refractivity contribution is -0.136. The summed E-state index contributed by atoms with van der Waals surface area (Å²) in [6.07, 6.45) is 0.478. The van der Waals surface area contributed by atoms with Crippen molar-refractivity contribution in [1.29, 1.82) is 0 Å². The van der Waals surface area contributed by atoms with Crippen molar-refractivity contribution >= 4 is 11.9 Å². The van der Waals surface area contributed by atoms with Crippen molar-refractivity contribution in [3.8, 4) is 17.2 Å². The van der Waals surface area contributed by atoms with Gasteiger partial charge in [-0.2, -0.15) is 0 Å². The third-order valence-corrected chi connectivity index (χ3v) is 2.18. The summed E-state index contributed by atoms with van der Waals surface area (Å²) >= 11 is 0. The predicted molar refractivity (Wildman–Crippen MR) is 64.8 cm³/mol. The maximum atomic E-state index is 11.3. The van der Waals surface area contributed by atoms with Crippen LogP contribution in [0.15, 0.2) is 18.2 Å². The molecule has 0 aliphatic rings. The molecule has 0 saturated heterocycles. The highest BCUT2D eigenvalue weighted by Gasteiger charge is 2.13. The number of esters is 2. The molecule has 0 aliphatic heterocycles. The van der Waals surface area contributed by atoms with Crippen molar-refractivity contribution in [2.75, 3.05) is 7.11 Å². The van der Waals surface area contributed by atoms with E-state index in [0.717, 1.165) is 0 Å². The molecule has 0 fully saturated rings. The summed E-state index contributed by atoms with van der Waals surface area (Å²) in [6.45, 7) is 3.36. The molecule has 0 atom stereocenters. The molecule has 1 rings (SSSR count). The van der Waals surface area contributed by atoms with Gasteiger partial charge in [0.1, 0.15) is 5.75 Å². The summed E-state index contributed by atoms with van der Waals surface area (Å²) in [5.41, 5.74) is 0. The monoisotopic (exact) mass is 252 g/mol. The second-order valence-corrected chi connectivity index (χ2v) is 3.47. The van der Waals surface area contributed by atoms with Gasteiger partial charge >= 0.3 is 11.9 Å². The second-order valence-electron chi connectivity index (χ2n) is 3.47. The topological polar surface area (TPSA) is 61.8 Å². The molecule has 0 saturated carbocycles. The van der Waals surface area contributed by atoms with Crippen molar-refractivity contribution in [3.63, 3.8) is 0 Å². The molecule has 0 radical (unpaired) electrons. The van der Waals surface area contributed by atoms with E-state index < -0.39 is 11.9 Å². The van der Waals surface area contributed by atoms with Gasteiger partial charge in [-0.1, -0.05) is 13.8 Å². The zero-order valence-corrected chi connectivity index (χ0v) is 10.7. The van der Waals surface area contributed by atoms with E-state index in [4.69, 9.17) is 14.2 Å². The Morgan fingerprint density at radius 3 is 2.06 bits per heavy atom. The fraction of sp³-hybridized carbons (Fsp3) is 0.385. The highest BCUT2D eigenvalue weighted by molar-refractivity contribution is 5.76. The van der Waals surface area contributed by atoms with Crippen LogP contribution >= 0.6 is 0 Å². The van der Waals surface area contributed by atoms with Gasteiger partial charge in [0.05, 0.1) is 7.11 Å². The van der Waals surface area contributed by atoms with E-state index in [2.05, 4.69) is 0 Å². The van der Waals surface area contributed by atoms with E-state index in [-0.39, 0.29) is 24.3 Å². The van der Waals surface area contributed by atoms with Crippen molar-refractivity contribution in [1.82, 2.24) is 0 Å². The van der Waals surface area contributed by atoms with E-state index in [1.807, 2.05) is 0 Å². The van der Waals surface area contributed by atoms with Crippen LogP contribution in [0.4, 0.5) is 0 Å². The molecule has 1 aromatic rings. The van der Waals surface area contributed by atoms with E-state index in [1.54, 1.807) is 19.9 Å². The molecule has 0 spiro atoms. The van der Waals surface area contributed by atoms with Gasteiger partial charge in [-0.05, 0) is 12.1 Å². The maximum absolute atomic E-state index is 11.3. The molecule has 98 valence electrons.